The number of rotatable bonds is 7. The number of nitrogens with zero attached hydrogens (tertiary/aromatic N) is 3. The second-order valence-electron chi connectivity index (χ2n) is 8.17. The first-order valence-electron chi connectivity index (χ1n) is 11.2. The number of hydrogen-bond donors (Lipinski definition) is 2. The summed E-state index contributed by atoms with van der Waals surface area (Å²) in [6, 6.07) is 12.5. The second kappa shape index (κ2) is 12.1. The summed E-state index contributed by atoms with van der Waals surface area (Å²) in [5.41, 5.74) is 2.20. The first kappa shape index (κ1) is 24.4. The van der Waals surface area contributed by atoms with E-state index in [-0.39, 0.29) is 24.0 Å². The van der Waals surface area contributed by atoms with Crippen LogP contribution in [0.4, 0.5) is 5.69 Å². The van der Waals surface area contributed by atoms with Crippen LogP contribution < -0.4 is 25.0 Å². The van der Waals surface area contributed by atoms with Gasteiger partial charge in [-0.1, -0.05) is 18.2 Å². The Kier molecular flexibility index (Phi) is 9.25. The van der Waals surface area contributed by atoms with E-state index in [1.54, 1.807) is 13.3 Å². The maximum absolute atomic E-state index is 6.16. The zero-order valence-corrected chi connectivity index (χ0v) is 21.2. The highest BCUT2D eigenvalue weighted by atomic mass is 127. The number of anilines is 1. The number of ether oxygens (including phenoxy) is 2. The molecule has 0 spiro atoms. The van der Waals surface area contributed by atoms with Crippen LogP contribution >= 0.6 is 24.0 Å². The highest BCUT2D eigenvalue weighted by Crippen LogP contribution is 2.30. The maximum atomic E-state index is 6.16. The van der Waals surface area contributed by atoms with E-state index in [9.17, 15) is 0 Å². The van der Waals surface area contributed by atoms with Gasteiger partial charge in [0.05, 0.1) is 12.8 Å². The van der Waals surface area contributed by atoms with Gasteiger partial charge in [-0.25, -0.2) is 4.98 Å². The van der Waals surface area contributed by atoms with Crippen molar-refractivity contribution in [1.29, 1.82) is 0 Å². The van der Waals surface area contributed by atoms with Crippen LogP contribution in [0.1, 0.15) is 37.7 Å². The van der Waals surface area contributed by atoms with E-state index in [1.807, 2.05) is 25.2 Å². The summed E-state index contributed by atoms with van der Waals surface area (Å²) < 4.78 is 11.7. The molecule has 1 aliphatic heterocycles. The fourth-order valence-electron chi connectivity index (χ4n) is 4.38. The molecule has 0 radical (unpaired) electrons. The monoisotopic (exact) mass is 551 g/mol. The van der Waals surface area contributed by atoms with Crippen LogP contribution in [0.5, 0.6) is 11.6 Å². The van der Waals surface area contributed by atoms with Gasteiger partial charge in [-0.2, -0.15) is 0 Å². The Balaban J connectivity index is 0.00000289. The van der Waals surface area contributed by atoms with Crippen molar-refractivity contribution >= 4 is 35.6 Å². The quantitative estimate of drug-likeness (QED) is 0.309. The molecular weight excluding hydrogens is 517 g/mol. The molecule has 0 amide bonds. The number of halogens is 1. The van der Waals surface area contributed by atoms with Crippen molar-refractivity contribution in [3.63, 3.8) is 0 Å². The van der Waals surface area contributed by atoms with Gasteiger partial charge in [-0.05, 0) is 50.3 Å². The SMILES string of the molecule is CN=C(NCc1cccnc1OC1CCCC1)NC1CCN(c2ccccc2OC)C1.I. The number of guanidine groups is 1. The van der Waals surface area contributed by atoms with E-state index in [1.165, 1.54) is 12.8 Å². The molecule has 2 aromatic rings. The van der Waals surface area contributed by atoms with Crippen molar-refractivity contribution < 1.29 is 9.47 Å². The van der Waals surface area contributed by atoms with Crippen LogP contribution in [-0.4, -0.2) is 50.3 Å². The first-order valence-corrected chi connectivity index (χ1v) is 11.2. The second-order valence-corrected chi connectivity index (χ2v) is 8.17. The number of methoxy groups -OCH3 is 1. The van der Waals surface area contributed by atoms with Crippen LogP contribution in [0.15, 0.2) is 47.6 Å². The minimum absolute atomic E-state index is 0. The van der Waals surface area contributed by atoms with Crippen molar-refractivity contribution in [2.24, 2.45) is 4.99 Å². The number of aromatic nitrogens is 1. The van der Waals surface area contributed by atoms with Gasteiger partial charge in [0.2, 0.25) is 5.88 Å². The van der Waals surface area contributed by atoms with E-state index in [2.05, 4.69) is 43.7 Å². The molecule has 32 heavy (non-hydrogen) atoms. The van der Waals surface area contributed by atoms with Crippen LogP contribution in [0.2, 0.25) is 0 Å². The van der Waals surface area contributed by atoms with Crippen molar-refractivity contribution in [2.45, 2.75) is 50.8 Å². The third-order valence-electron chi connectivity index (χ3n) is 6.06. The number of pyridine rings is 1. The molecule has 4 rings (SSSR count). The van der Waals surface area contributed by atoms with Crippen LogP contribution in [0.25, 0.3) is 0 Å². The number of benzene rings is 1. The Labute approximate surface area is 208 Å². The standard InChI is InChI=1S/C24H33N5O2.HI/c1-25-24(27-16-18-8-7-14-26-23(18)31-20-9-3-4-10-20)28-19-13-15-29(17-19)21-11-5-6-12-22(21)30-2;/h5-8,11-12,14,19-20H,3-4,9-10,13,15-17H2,1-2H3,(H2,25,27,28);1H. The van der Waals surface area contributed by atoms with Crippen molar-refractivity contribution in [3.8, 4) is 11.6 Å². The lowest BCUT2D eigenvalue weighted by atomic mass is 10.2. The molecule has 1 saturated carbocycles. The van der Waals surface area contributed by atoms with E-state index in [0.29, 0.717) is 18.7 Å². The largest absolute Gasteiger partial charge is 0.495 e. The molecule has 2 fully saturated rings. The number of hydrogen-bond acceptors (Lipinski definition) is 5. The molecule has 1 saturated heterocycles. The minimum Gasteiger partial charge on any atom is -0.495 e. The van der Waals surface area contributed by atoms with Gasteiger partial charge in [-0.3, -0.25) is 4.99 Å². The minimum atomic E-state index is 0. The molecule has 2 N–H and O–H groups in total. The van der Waals surface area contributed by atoms with Crippen LogP contribution in [-0.2, 0) is 6.54 Å². The summed E-state index contributed by atoms with van der Waals surface area (Å²) in [4.78, 5) is 11.2. The predicted molar refractivity (Wildman–Crippen MR) is 139 cm³/mol. The molecule has 2 aliphatic rings. The third-order valence-corrected chi connectivity index (χ3v) is 6.06. The fourth-order valence-corrected chi connectivity index (χ4v) is 4.38. The highest BCUT2D eigenvalue weighted by molar-refractivity contribution is 14.0. The van der Waals surface area contributed by atoms with Gasteiger partial charge in [-0.15, -0.1) is 24.0 Å². The molecule has 7 nitrogen and oxygen atoms in total. The molecule has 0 bridgehead atoms. The highest BCUT2D eigenvalue weighted by Gasteiger charge is 2.25. The maximum Gasteiger partial charge on any atom is 0.218 e. The van der Waals surface area contributed by atoms with Gasteiger partial charge < -0.3 is 25.0 Å². The predicted octanol–water partition coefficient (Wildman–Crippen LogP) is 3.97. The molecule has 1 unspecified atom stereocenters. The van der Waals surface area contributed by atoms with E-state index in [0.717, 1.165) is 61.2 Å². The topological polar surface area (TPSA) is 71.0 Å². The van der Waals surface area contributed by atoms with E-state index >= 15 is 0 Å². The van der Waals surface area contributed by atoms with Crippen molar-refractivity contribution in [3.05, 3.63) is 48.2 Å². The Morgan fingerprint density at radius 1 is 1.16 bits per heavy atom. The Morgan fingerprint density at radius 2 is 1.97 bits per heavy atom. The number of aliphatic imine (C=N–C) groups is 1. The zero-order chi connectivity index (χ0) is 21.5. The lowest BCUT2D eigenvalue weighted by Crippen LogP contribution is -2.44. The average Bonchev–Trinajstić information content (AvgIpc) is 3.49. The smallest absolute Gasteiger partial charge is 0.218 e. The molecule has 2 heterocycles. The summed E-state index contributed by atoms with van der Waals surface area (Å²) in [6.45, 7) is 2.51. The van der Waals surface area contributed by atoms with Crippen molar-refractivity contribution in [1.82, 2.24) is 15.6 Å². The summed E-state index contributed by atoms with van der Waals surface area (Å²) >= 11 is 0. The molecule has 174 valence electrons. The summed E-state index contributed by atoms with van der Waals surface area (Å²) in [6.07, 6.45) is 7.87. The first-order chi connectivity index (χ1) is 15.3. The average molecular weight is 551 g/mol. The number of para-hydroxylation sites is 2. The third kappa shape index (κ3) is 6.17. The van der Waals surface area contributed by atoms with E-state index < -0.39 is 0 Å². The van der Waals surface area contributed by atoms with Crippen LogP contribution in [0.3, 0.4) is 0 Å². The van der Waals surface area contributed by atoms with Gasteiger partial charge in [0.15, 0.2) is 5.96 Å². The summed E-state index contributed by atoms with van der Waals surface area (Å²) in [7, 11) is 3.53. The molecule has 1 atom stereocenters. The Morgan fingerprint density at radius 3 is 2.75 bits per heavy atom. The molecule has 1 aromatic carbocycles. The molecule has 1 aliphatic carbocycles. The lowest BCUT2D eigenvalue weighted by molar-refractivity contribution is 0.199. The summed E-state index contributed by atoms with van der Waals surface area (Å²) in [5.74, 6) is 2.44. The lowest BCUT2D eigenvalue weighted by Gasteiger charge is -2.22. The van der Waals surface area contributed by atoms with Gasteiger partial charge in [0, 0.05) is 44.5 Å². The van der Waals surface area contributed by atoms with Gasteiger partial charge >= 0.3 is 0 Å². The normalized spacial score (nSPS) is 18.9. The fraction of sp³-hybridized carbons (Fsp3) is 0.500. The molecular formula is C24H34IN5O2. The Bertz CT molecular complexity index is 888. The summed E-state index contributed by atoms with van der Waals surface area (Å²) in [5, 5.41) is 6.99. The Hall–Kier alpha value is -2.23. The van der Waals surface area contributed by atoms with Gasteiger partial charge in [0.25, 0.3) is 0 Å². The zero-order valence-electron chi connectivity index (χ0n) is 18.9. The molecule has 8 heteroatoms. The van der Waals surface area contributed by atoms with Gasteiger partial charge in [0.1, 0.15) is 11.9 Å². The number of nitrogens with one attached hydrogen (secondary N) is 2. The van der Waals surface area contributed by atoms with Crippen molar-refractivity contribution in [2.75, 3.05) is 32.1 Å². The van der Waals surface area contributed by atoms with Crippen LogP contribution in [0, 0.1) is 0 Å². The van der Waals surface area contributed by atoms with E-state index in [4.69, 9.17) is 9.47 Å². The molecule has 1 aromatic heterocycles.